The van der Waals surface area contributed by atoms with Gasteiger partial charge in [-0.15, -0.1) is 0 Å². The number of amides is 2. The topological polar surface area (TPSA) is 90.7 Å². The molecule has 1 aliphatic heterocycles. The van der Waals surface area contributed by atoms with Crippen LogP contribution < -0.4 is 4.90 Å². The summed E-state index contributed by atoms with van der Waals surface area (Å²) in [7, 11) is 1.19. The average Bonchev–Trinajstić information content (AvgIpc) is 2.79. The summed E-state index contributed by atoms with van der Waals surface area (Å²) in [6, 6.07) is 9.49. The molecule has 0 unspecified atom stereocenters. The Kier molecular flexibility index (Phi) is 6.00. The van der Waals surface area contributed by atoms with Crippen LogP contribution >= 0.6 is 0 Å². The number of piperazine rings is 1. The highest BCUT2D eigenvalue weighted by atomic mass is 19.4. The fourth-order valence-corrected chi connectivity index (χ4v) is 4.59. The van der Waals surface area contributed by atoms with Crippen molar-refractivity contribution in [3.63, 3.8) is 0 Å². The predicted molar refractivity (Wildman–Crippen MR) is 113 cm³/mol. The second-order valence-corrected chi connectivity index (χ2v) is 8.50. The van der Waals surface area contributed by atoms with Crippen LogP contribution in [0.4, 0.5) is 23.2 Å². The molecule has 0 bridgehead atoms. The summed E-state index contributed by atoms with van der Waals surface area (Å²) < 4.78 is 58.2. The minimum atomic E-state index is -4.52. The van der Waals surface area contributed by atoms with E-state index in [2.05, 4.69) is 0 Å². The highest BCUT2D eigenvalue weighted by Crippen LogP contribution is 2.48. The van der Waals surface area contributed by atoms with Crippen molar-refractivity contribution in [2.45, 2.75) is 31.1 Å². The summed E-state index contributed by atoms with van der Waals surface area (Å²) in [5.41, 5.74) is -2.13. The number of hydrogen-bond donors (Lipinski definition) is 0. The Morgan fingerprint density at radius 2 is 1.83 bits per heavy atom. The number of esters is 1. The lowest BCUT2D eigenvalue weighted by Gasteiger charge is -2.56. The molecule has 1 saturated heterocycles. The first-order valence-corrected chi connectivity index (χ1v) is 10.6. The Balaban J connectivity index is 1.67. The zero-order valence-corrected chi connectivity index (χ0v) is 18.4. The van der Waals surface area contributed by atoms with E-state index in [-0.39, 0.29) is 30.6 Å². The molecule has 1 heterocycles. The standard InChI is InChI=1S/C24H19F4N3O4/c1-35-21(33)16-9-23(10-16)22(34)30(19-7-4-15(11-29)8-18(19)25)13-20(32)31(23)12-14-2-5-17(6-3-14)24(26,27)28/h2-8,16H,9-10,12-13H2,1H3/t16-,23-. The molecular weight excluding hydrogens is 470 g/mol. The largest absolute Gasteiger partial charge is 0.469 e. The number of nitrogens with zero attached hydrogens (tertiary/aromatic N) is 3. The first kappa shape index (κ1) is 24.2. The summed E-state index contributed by atoms with van der Waals surface area (Å²) in [4.78, 5) is 41.1. The van der Waals surface area contributed by atoms with Crippen molar-refractivity contribution in [3.05, 3.63) is 65.0 Å². The lowest BCUT2D eigenvalue weighted by molar-refractivity contribution is -0.171. The van der Waals surface area contributed by atoms with E-state index < -0.39 is 53.3 Å². The summed E-state index contributed by atoms with van der Waals surface area (Å²) >= 11 is 0. The number of carbonyl (C=O) groups excluding carboxylic acids is 3. The van der Waals surface area contributed by atoms with E-state index in [0.717, 1.165) is 23.1 Å². The van der Waals surface area contributed by atoms with Crippen LogP contribution in [0.3, 0.4) is 0 Å². The van der Waals surface area contributed by atoms with Crippen molar-refractivity contribution in [1.29, 1.82) is 5.26 Å². The third kappa shape index (κ3) is 4.20. The Morgan fingerprint density at radius 1 is 1.17 bits per heavy atom. The van der Waals surface area contributed by atoms with Crippen LogP contribution in [0.5, 0.6) is 0 Å². The van der Waals surface area contributed by atoms with E-state index in [1.807, 2.05) is 0 Å². The van der Waals surface area contributed by atoms with E-state index in [1.165, 1.54) is 36.3 Å². The molecule has 2 amide bonds. The molecule has 2 aromatic rings. The third-order valence-electron chi connectivity index (χ3n) is 6.45. The van der Waals surface area contributed by atoms with E-state index in [1.54, 1.807) is 6.07 Å². The molecule has 0 aromatic heterocycles. The molecule has 1 spiro atoms. The molecule has 0 N–H and O–H groups in total. The van der Waals surface area contributed by atoms with Crippen molar-refractivity contribution in [2.24, 2.45) is 5.92 Å². The van der Waals surface area contributed by atoms with Gasteiger partial charge in [0.25, 0.3) is 5.91 Å². The van der Waals surface area contributed by atoms with Crippen LogP contribution in [0.25, 0.3) is 0 Å². The first-order valence-electron chi connectivity index (χ1n) is 10.6. The summed E-state index contributed by atoms with van der Waals surface area (Å²) in [5, 5.41) is 8.96. The highest BCUT2D eigenvalue weighted by Gasteiger charge is 2.62. The highest BCUT2D eigenvalue weighted by molar-refractivity contribution is 6.10. The van der Waals surface area contributed by atoms with Gasteiger partial charge >= 0.3 is 12.1 Å². The van der Waals surface area contributed by atoms with Gasteiger partial charge in [0.1, 0.15) is 17.9 Å². The van der Waals surface area contributed by atoms with Crippen molar-refractivity contribution in [3.8, 4) is 6.07 Å². The van der Waals surface area contributed by atoms with Crippen LogP contribution in [-0.2, 0) is 31.8 Å². The van der Waals surface area contributed by atoms with Gasteiger partial charge in [0.05, 0.1) is 35.9 Å². The molecule has 182 valence electrons. The monoisotopic (exact) mass is 489 g/mol. The predicted octanol–water partition coefficient (Wildman–Crippen LogP) is 3.41. The number of hydrogen-bond acceptors (Lipinski definition) is 5. The number of ether oxygens (including phenoxy) is 1. The molecule has 0 radical (unpaired) electrons. The molecule has 7 nitrogen and oxygen atoms in total. The van der Waals surface area contributed by atoms with Gasteiger partial charge in [0, 0.05) is 6.54 Å². The quantitative estimate of drug-likeness (QED) is 0.485. The fourth-order valence-electron chi connectivity index (χ4n) is 4.59. The number of halogens is 4. The Labute approximate surface area is 197 Å². The maximum atomic E-state index is 14.7. The molecule has 2 fully saturated rings. The van der Waals surface area contributed by atoms with Crippen LogP contribution in [0, 0.1) is 23.1 Å². The van der Waals surface area contributed by atoms with Gasteiger partial charge in [0.2, 0.25) is 5.91 Å². The lowest BCUT2D eigenvalue weighted by Crippen LogP contribution is -2.73. The van der Waals surface area contributed by atoms with Crippen LogP contribution in [0.2, 0.25) is 0 Å². The van der Waals surface area contributed by atoms with Crippen LogP contribution in [0.1, 0.15) is 29.5 Å². The Morgan fingerprint density at radius 3 is 2.37 bits per heavy atom. The minimum absolute atomic E-state index is 0.0371. The van der Waals surface area contributed by atoms with Gasteiger partial charge in [0.15, 0.2) is 0 Å². The number of alkyl halides is 3. The summed E-state index contributed by atoms with van der Waals surface area (Å²) in [6.45, 7) is -0.673. The van der Waals surface area contributed by atoms with Crippen LogP contribution in [0.15, 0.2) is 42.5 Å². The number of rotatable bonds is 4. The third-order valence-corrected chi connectivity index (χ3v) is 6.45. The van der Waals surface area contributed by atoms with Crippen molar-refractivity contribution >= 4 is 23.5 Å². The zero-order chi connectivity index (χ0) is 25.5. The van der Waals surface area contributed by atoms with Gasteiger partial charge in [-0.2, -0.15) is 18.4 Å². The molecule has 4 rings (SSSR count). The molecule has 11 heteroatoms. The molecular formula is C24H19F4N3O4. The minimum Gasteiger partial charge on any atom is -0.469 e. The molecule has 2 aromatic carbocycles. The Hall–Kier alpha value is -3.94. The number of anilines is 1. The van der Waals surface area contributed by atoms with E-state index in [9.17, 15) is 31.9 Å². The maximum Gasteiger partial charge on any atom is 0.416 e. The number of carbonyl (C=O) groups is 3. The van der Waals surface area contributed by atoms with Crippen molar-refractivity contribution in [2.75, 3.05) is 18.6 Å². The average molecular weight is 489 g/mol. The summed E-state index contributed by atoms with van der Waals surface area (Å²) in [5.74, 6) is -3.27. The van der Waals surface area contributed by atoms with E-state index in [4.69, 9.17) is 10.00 Å². The normalized spacial score (nSPS) is 22.1. The van der Waals surface area contributed by atoms with Gasteiger partial charge in [-0.05, 0) is 48.7 Å². The molecule has 2 aliphatic rings. The molecule has 1 saturated carbocycles. The van der Waals surface area contributed by atoms with Crippen molar-refractivity contribution in [1.82, 2.24) is 4.90 Å². The summed E-state index contributed by atoms with van der Waals surface area (Å²) in [6.07, 6.45) is -4.66. The lowest BCUT2D eigenvalue weighted by atomic mass is 9.65. The molecule has 1 aliphatic carbocycles. The van der Waals surface area contributed by atoms with E-state index in [0.29, 0.717) is 5.56 Å². The number of methoxy groups -OCH3 is 1. The smallest absolute Gasteiger partial charge is 0.416 e. The Bertz CT molecular complexity index is 1230. The fraction of sp³-hybridized carbons (Fsp3) is 0.333. The molecule has 35 heavy (non-hydrogen) atoms. The van der Waals surface area contributed by atoms with Gasteiger partial charge < -0.3 is 9.64 Å². The second kappa shape index (κ2) is 8.69. The van der Waals surface area contributed by atoms with E-state index >= 15 is 0 Å². The first-order chi connectivity index (χ1) is 16.5. The molecule has 0 atom stereocenters. The zero-order valence-electron chi connectivity index (χ0n) is 18.4. The number of nitriles is 1. The SMILES string of the molecule is COC(=O)[C@H]1C[C@]2(C1)C(=O)N(c1ccc(C#N)cc1F)CC(=O)N2Cc1ccc(C(F)(F)F)cc1. The van der Waals surface area contributed by atoms with Crippen LogP contribution in [-0.4, -0.2) is 41.9 Å². The van der Waals surface area contributed by atoms with Crippen molar-refractivity contribution < 1.29 is 36.7 Å². The second-order valence-electron chi connectivity index (χ2n) is 8.50. The van der Waals surface area contributed by atoms with Gasteiger partial charge in [-0.3, -0.25) is 19.3 Å². The maximum absolute atomic E-state index is 14.7. The van der Waals surface area contributed by atoms with Gasteiger partial charge in [-0.1, -0.05) is 12.1 Å². The van der Waals surface area contributed by atoms with Gasteiger partial charge in [-0.25, -0.2) is 4.39 Å². The number of benzene rings is 2.